The lowest BCUT2D eigenvalue weighted by molar-refractivity contribution is 0.0633. The molecule has 2 heterocycles. The first-order valence-electron chi connectivity index (χ1n) is 9.47. The van der Waals surface area contributed by atoms with Gasteiger partial charge in [0.25, 0.3) is 5.91 Å². The molecule has 1 amide bonds. The number of hydrogen-bond donors (Lipinski definition) is 1. The second-order valence-electron chi connectivity index (χ2n) is 7.06. The summed E-state index contributed by atoms with van der Waals surface area (Å²) in [5, 5.41) is 7.74. The third-order valence-electron chi connectivity index (χ3n) is 5.25. The Morgan fingerprint density at radius 3 is 2.76 bits per heavy atom. The van der Waals surface area contributed by atoms with Gasteiger partial charge in [-0.25, -0.2) is 4.39 Å². The van der Waals surface area contributed by atoms with E-state index in [9.17, 15) is 9.18 Å². The molecule has 4 rings (SSSR count). The molecule has 1 aliphatic rings. The molecule has 29 heavy (non-hydrogen) atoms. The van der Waals surface area contributed by atoms with Crippen LogP contribution in [0.3, 0.4) is 0 Å². The van der Waals surface area contributed by atoms with Crippen molar-refractivity contribution in [3.05, 3.63) is 89.0 Å². The van der Waals surface area contributed by atoms with Crippen LogP contribution >= 0.6 is 12.4 Å². The predicted octanol–water partition coefficient (Wildman–Crippen LogP) is 3.59. The first kappa shape index (κ1) is 21.0. The zero-order chi connectivity index (χ0) is 19.5. The van der Waals surface area contributed by atoms with Crippen molar-refractivity contribution in [3.63, 3.8) is 0 Å². The van der Waals surface area contributed by atoms with Gasteiger partial charge in [0, 0.05) is 25.3 Å². The Morgan fingerprint density at radius 1 is 1.21 bits per heavy atom. The lowest BCUT2D eigenvalue weighted by Gasteiger charge is -2.36. The summed E-state index contributed by atoms with van der Waals surface area (Å²) in [6.45, 7) is 4.43. The number of halogens is 2. The average molecular weight is 415 g/mol. The first-order valence-corrected chi connectivity index (χ1v) is 9.47. The molecule has 7 heteroatoms. The summed E-state index contributed by atoms with van der Waals surface area (Å²) in [5.41, 5.74) is 3.37. The van der Waals surface area contributed by atoms with Crippen LogP contribution in [0.5, 0.6) is 0 Å². The lowest BCUT2D eigenvalue weighted by atomic mass is 10.0. The van der Waals surface area contributed by atoms with Crippen molar-refractivity contribution in [1.29, 1.82) is 0 Å². The molecule has 1 aliphatic heterocycles. The molecular formula is C22H24ClFN4O. The Morgan fingerprint density at radius 2 is 2.00 bits per heavy atom. The number of piperazine rings is 1. The third-order valence-corrected chi connectivity index (χ3v) is 5.25. The average Bonchev–Trinajstić information content (AvgIpc) is 3.08. The minimum atomic E-state index is -0.290. The third kappa shape index (κ3) is 4.49. The number of hydrogen-bond acceptors (Lipinski definition) is 3. The molecule has 5 nitrogen and oxygen atoms in total. The van der Waals surface area contributed by atoms with Crippen molar-refractivity contribution in [2.45, 2.75) is 19.5 Å². The maximum Gasteiger partial charge on any atom is 0.257 e. The van der Waals surface area contributed by atoms with Gasteiger partial charge >= 0.3 is 0 Å². The van der Waals surface area contributed by atoms with Gasteiger partial charge in [-0.1, -0.05) is 42.5 Å². The molecule has 1 aromatic heterocycles. The van der Waals surface area contributed by atoms with E-state index in [4.69, 9.17) is 0 Å². The number of aromatic nitrogens is 2. The standard InChI is InChI=1S/C22H23FN4O.ClH/c1-16-20(13-25-27(16)15-17-6-3-2-4-7-17)22(28)26-11-10-24-14-21(26)18-8-5-9-19(23)12-18;/h2-9,12-13,21,24H,10-11,14-15H2,1H3;1H. The fourth-order valence-electron chi connectivity index (χ4n) is 3.69. The fraction of sp³-hybridized carbons (Fsp3) is 0.273. The summed E-state index contributed by atoms with van der Waals surface area (Å²) in [6.07, 6.45) is 1.64. The molecule has 0 aliphatic carbocycles. The van der Waals surface area contributed by atoms with Crippen LogP contribution in [0.4, 0.5) is 4.39 Å². The van der Waals surface area contributed by atoms with Crippen LogP contribution in [0.1, 0.15) is 33.2 Å². The van der Waals surface area contributed by atoms with Crippen LogP contribution in [0.25, 0.3) is 0 Å². The summed E-state index contributed by atoms with van der Waals surface area (Å²) >= 11 is 0. The summed E-state index contributed by atoms with van der Waals surface area (Å²) in [4.78, 5) is 15.1. The number of benzene rings is 2. The van der Waals surface area contributed by atoms with Crippen molar-refractivity contribution >= 4 is 18.3 Å². The van der Waals surface area contributed by atoms with Crippen LogP contribution in [-0.4, -0.2) is 40.2 Å². The SMILES string of the molecule is Cc1c(C(=O)N2CCNCC2c2cccc(F)c2)cnn1Cc1ccccc1.Cl. The summed E-state index contributed by atoms with van der Waals surface area (Å²) in [5.74, 6) is -0.352. The number of rotatable bonds is 4. The smallest absolute Gasteiger partial charge is 0.257 e. The summed E-state index contributed by atoms with van der Waals surface area (Å²) < 4.78 is 15.6. The monoisotopic (exact) mass is 414 g/mol. The molecule has 0 radical (unpaired) electrons. The van der Waals surface area contributed by atoms with Gasteiger partial charge in [0.2, 0.25) is 0 Å². The molecule has 0 saturated carbocycles. The quantitative estimate of drug-likeness (QED) is 0.709. The lowest BCUT2D eigenvalue weighted by Crippen LogP contribution is -2.48. The Balaban J connectivity index is 0.00000240. The maximum absolute atomic E-state index is 13.7. The fourth-order valence-corrected chi connectivity index (χ4v) is 3.69. The second-order valence-corrected chi connectivity index (χ2v) is 7.06. The minimum absolute atomic E-state index is 0. The van der Waals surface area contributed by atoms with Gasteiger partial charge in [-0.3, -0.25) is 9.48 Å². The van der Waals surface area contributed by atoms with E-state index in [-0.39, 0.29) is 30.2 Å². The molecule has 1 saturated heterocycles. The number of amides is 1. The van der Waals surface area contributed by atoms with Gasteiger partial charge in [-0.05, 0) is 30.2 Å². The van der Waals surface area contributed by atoms with Crippen LogP contribution in [-0.2, 0) is 6.54 Å². The van der Waals surface area contributed by atoms with Gasteiger partial charge in [-0.15, -0.1) is 12.4 Å². The van der Waals surface area contributed by atoms with E-state index in [1.165, 1.54) is 12.1 Å². The Labute approximate surface area is 175 Å². The summed E-state index contributed by atoms with van der Waals surface area (Å²) in [7, 11) is 0. The highest BCUT2D eigenvalue weighted by Crippen LogP contribution is 2.25. The highest BCUT2D eigenvalue weighted by molar-refractivity contribution is 5.95. The second kappa shape index (κ2) is 9.20. The van der Waals surface area contributed by atoms with E-state index in [1.807, 2.05) is 52.9 Å². The minimum Gasteiger partial charge on any atom is -0.329 e. The zero-order valence-corrected chi connectivity index (χ0v) is 17.0. The van der Waals surface area contributed by atoms with E-state index < -0.39 is 0 Å². The first-order chi connectivity index (χ1) is 13.6. The normalized spacial score (nSPS) is 16.3. The van der Waals surface area contributed by atoms with Crippen LogP contribution in [0.15, 0.2) is 60.8 Å². The molecule has 2 aromatic carbocycles. The molecule has 3 aromatic rings. The Bertz CT molecular complexity index is 976. The molecule has 1 unspecified atom stereocenters. The molecule has 1 fully saturated rings. The van der Waals surface area contributed by atoms with Crippen molar-refractivity contribution in [2.24, 2.45) is 0 Å². The van der Waals surface area contributed by atoms with Gasteiger partial charge in [0.05, 0.1) is 24.3 Å². The Hall–Kier alpha value is -2.70. The highest BCUT2D eigenvalue weighted by Gasteiger charge is 2.30. The number of carbonyl (C=O) groups excluding carboxylic acids is 1. The number of carbonyl (C=O) groups is 1. The van der Waals surface area contributed by atoms with Crippen LogP contribution in [0, 0.1) is 12.7 Å². The van der Waals surface area contributed by atoms with Crippen molar-refractivity contribution in [1.82, 2.24) is 20.0 Å². The summed E-state index contributed by atoms with van der Waals surface area (Å²) in [6, 6.07) is 16.3. The van der Waals surface area contributed by atoms with Gasteiger partial charge in [-0.2, -0.15) is 5.10 Å². The van der Waals surface area contributed by atoms with Gasteiger partial charge in [0.1, 0.15) is 5.82 Å². The van der Waals surface area contributed by atoms with E-state index in [0.717, 1.165) is 23.4 Å². The number of nitrogens with one attached hydrogen (secondary N) is 1. The van der Waals surface area contributed by atoms with Crippen molar-refractivity contribution in [2.75, 3.05) is 19.6 Å². The van der Waals surface area contributed by atoms with Crippen molar-refractivity contribution in [3.8, 4) is 0 Å². The van der Waals surface area contributed by atoms with E-state index in [0.29, 0.717) is 25.2 Å². The van der Waals surface area contributed by atoms with E-state index in [2.05, 4.69) is 10.4 Å². The van der Waals surface area contributed by atoms with Gasteiger partial charge < -0.3 is 10.2 Å². The van der Waals surface area contributed by atoms with Crippen molar-refractivity contribution < 1.29 is 9.18 Å². The highest BCUT2D eigenvalue weighted by atomic mass is 35.5. The molecule has 152 valence electrons. The zero-order valence-electron chi connectivity index (χ0n) is 16.2. The van der Waals surface area contributed by atoms with E-state index in [1.54, 1.807) is 12.3 Å². The van der Waals surface area contributed by atoms with Gasteiger partial charge in [0.15, 0.2) is 0 Å². The predicted molar refractivity (Wildman–Crippen MR) is 113 cm³/mol. The maximum atomic E-state index is 13.7. The molecule has 1 N–H and O–H groups in total. The molecule has 1 atom stereocenters. The molecule has 0 bridgehead atoms. The largest absolute Gasteiger partial charge is 0.329 e. The topological polar surface area (TPSA) is 50.2 Å². The molecule has 0 spiro atoms. The Kier molecular flexibility index (Phi) is 6.67. The van der Waals surface area contributed by atoms with E-state index >= 15 is 0 Å². The van der Waals surface area contributed by atoms with Crippen LogP contribution in [0.2, 0.25) is 0 Å². The molecular weight excluding hydrogens is 391 g/mol. The number of nitrogens with zero attached hydrogens (tertiary/aromatic N) is 3. The van der Waals surface area contributed by atoms with Crippen LogP contribution < -0.4 is 5.32 Å².